The maximum Gasteiger partial charge on any atom is 0.416 e. The summed E-state index contributed by atoms with van der Waals surface area (Å²) >= 11 is 0. The number of nitrogens with zero attached hydrogens (tertiary/aromatic N) is 4. The average molecular weight is 428 g/mol. The van der Waals surface area contributed by atoms with Gasteiger partial charge in [-0.25, -0.2) is 0 Å². The zero-order valence-corrected chi connectivity index (χ0v) is 17.3. The molecule has 1 aromatic heterocycles. The van der Waals surface area contributed by atoms with Crippen LogP contribution >= 0.6 is 0 Å². The van der Waals surface area contributed by atoms with Crippen molar-refractivity contribution in [3.63, 3.8) is 0 Å². The van der Waals surface area contributed by atoms with Crippen LogP contribution in [0.3, 0.4) is 0 Å². The molecule has 8 heteroatoms. The third-order valence-electron chi connectivity index (χ3n) is 5.83. The summed E-state index contributed by atoms with van der Waals surface area (Å²) in [7, 11) is 2.01. The highest BCUT2D eigenvalue weighted by atomic mass is 19.4. The first-order valence-corrected chi connectivity index (χ1v) is 10.2. The quantitative estimate of drug-likeness (QED) is 0.564. The third kappa shape index (κ3) is 4.19. The number of hydrogen-bond donors (Lipinski definition) is 0. The molecule has 5 nitrogen and oxygen atoms in total. The number of alkyl halides is 3. The number of hydrogen-bond acceptors (Lipinski definition) is 3. The van der Waals surface area contributed by atoms with Gasteiger partial charge in [-0.1, -0.05) is 31.2 Å². The zero-order valence-electron chi connectivity index (χ0n) is 17.3. The van der Waals surface area contributed by atoms with Crippen molar-refractivity contribution in [2.45, 2.75) is 38.4 Å². The molecule has 3 aromatic rings. The Labute approximate surface area is 178 Å². The third-order valence-corrected chi connectivity index (χ3v) is 5.83. The van der Waals surface area contributed by atoms with E-state index >= 15 is 0 Å². The maximum absolute atomic E-state index is 13.0. The Morgan fingerprint density at radius 1 is 1.03 bits per heavy atom. The van der Waals surface area contributed by atoms with Gasteiger partial charge in [-0.15, -0.1) is 10.2 Å². The number of fused-ring (bicyclic) bond motifs is 1. The minimum Gasteiger partial charge on any atom is -0.320 e. The van der Waals surface area contributed by atoms with Crippen molar-refractivity contribution in [1.82, 2.24) is 14.8 Å². The fraction of sp³-hybridized carbons (Fsp3) is 0.348. The molecule has 1 amide bonds. The van der Waals surface area contributed by atoms with Crippen LogP contribution in [0.5, 0.6) is 0 Å². The first-order chi connectivity index (χ1) is 14.8. The Kier molecular flexibility index (Phi) is 5.56. The number of rotatable bonds is 2. The van der Waals surface area contributed by atoms with Gasteiger partial charge in [-0.3, -0.25) is 4.79 Å². The highest BCUT2D eigenvalue weighted by Gasteiger charge is 2.39. The van der Waals surface area contributed by atoms with E-state index in [0.717, 1.165) is 17.8 Å². The lowest BCUT2D eigenvalue weighted by Crippen LogP contribution is -2.22. The molecule has 1 aliphatic carbocycles. The number of amides is 1. The van der Waals surface area contributed by atoms with Crippen LogP contribution in [0.2, 0.25) is 0 Å². The molecule has 1 aliphatic heterocycles. The summed E-state index contributed by atoms with van der Waals surface area (Å²) in [5, 5.41) is 7.95. The summed E-state index contributed by atoms with van der Waals surface area (Å²) in [5.74, 6) is 2.33. The summed E-state index contributed by atoms with van der Waals surface area (Å²) in [5.41, 5.74) is 0.0427. The molecule has 2 aromatic carbocycles. The summed E-state index contributed by atoms with van der Waals surface area (Å²) in [6.07, 6.45) is -0.101. The van der Waals surface area contributed by atoms with Crippen molar-refractivity contribution in [3.8, 4) is 0 Å². The van der Waals surface area contributed by atoms with Gasteiger partial charge in [-0.05, 0) is 48.6 Å². The van der Waals surface area contributed by atoms with Crippen LogP contribution < -0.4 is 4.90 Å². The van der Waals surface area contributed by atoms with Crippen LogP contribution in [0.4, 0.5) is 18.9 Å². The van der Waals surface area contributed by atoms with E-state index in [-0.39, 0.29) is 17.7 Å². The lowest BCUT2D eigenvalue weighted by atomic mass is 9.76. The normalized spacial score (nSPS) is 20.0. The van der Waals surface area contributed by atoms with Gasteiger partial charge in [0.1, 0.15) is 12.2 Å². The second kappa shape index (κ2) is 8.17. The van der Waals surface area contributed by atoms with E-state index in [2.05, 4.69) is 17.1 Å². The molecule has 0 saturated heterocycles. The standard InChI is InChI=1S/C15H10F3NO.C8H13N3/c16-15(17,18)13-8-4-7-11-12(13)9-19(14(11)20)10-5-2-1-3-6-10;1-6-3-7(4-6)8-10-9-5-11(8)2/h1-8H,9H2;5-7H,3-4H2,1-2H3. The molecule has 0 unspecified atom stereocenters. The average Bonchev–Trinajstić information content (AvgIpc) is 3.29. The van der Waals surface area contributed by atoms with E-state index in [1.54, 1.807) is 36.7 Å². The van der Waals surface area contributed by atoms with E-state index in [4.69, 9.17) is 0 Å². The van der Waals surface area contributed by atoms with Crippen molar-refractivity contribution < 1.29 is 18.0 Å². The number of benzene rings is 2. The Balaban J connectivity index is 0.000000177. The van der Waals surface area contributed by atoms with E-state index in [9.17, 15) is 18.0 Å². The molecule has 0 atom stereocenters. The molecule has 5 rings (SSSR count). The minimum atomic E-state index is -4.45. The fourth-order valence-electron chi connectivity index (χ4n) is 4.19. The first-order valence-electron chi connectivity index (χ1n) is 10.2. The van der Waals surface area contributed by atoms with Gasteiger partial charge in [0, 0.05) is 24.2 Å². The van der Waals surface area contributed by atoms with Gasteiger partial charge in [0.2, 0.25) is 0 Å². The number of carbonyl (C=O) groups excluding carboxylic acids is 1. The Morgan fingerprint density at radius 2 is 1.74 bits per heavy atom. The van der Waals surface area contributed by atoms with Gasteiger partial charge in [0.15, 0.2) is 0 Å². The maximum atomic E-state index is 13.0. The number of anilines is 1. The number of aryl methyl sites for hydroxylation is 1. The van der Waals surface area contributed by atoms with E-state index < -0.39 is 17.6 Å². The number of carbonyl (C=O) groups is 1. The minimum absolute atomic E-state index is 0.0478. The van der Waals surface area contributed by atoms with Crippen molar-refractivity contribution in [2.24, 2.45) is 13.0 Å². The lowest BCUT2D eigenvalue weighted by molar-refractivity contribution is -0.138. The second-order valence-electron chi connectivity index (χ2n) is 8.13. The Hall–Kier alpha value is -3.16. The summed E-state index contributed by atoms with van der Waals surface area (Å²) in [6, 6.07) is 12.4. The predicted octanol–water partition coefficient (Wildman–Crippen LogP) is 5.19. The molecule has 31 heavy (non-hydrogen) atoms. The topological polar surface area (TPSA) is 51.0 Å². The number of aromatic nitrogens is 3. The summed E-state index contributed by atoms with van der Waals surface area (Å²) in [6.45, 7) is 2.24. The summed E-state index contributed by atoms with van der Waals surface area (Å²) < 4.78 is 40.9. The SMILES string of the molecule is CC1CC(c2nncn2C)C1.O=C1c2cccc(C(F)(F)F)c2CN1c1ccccc1. The van der Waals surface area contributed by atoms with Crippen molar-refractivity contribution in [3.05, 3.63) is 77.4 Å². The molecule has 162 valence electrons. The molecular formula is C23H23F3N4O. The van der Waals surface area contributed by atoms with Gasteiger partial charge in [0.05, 0.1) is 12.1 Å². The van der Waals surface area contributed by atoms with E-state index in [0.29, 0.717) is 11.6 Å². The Morgan fingerprint density at radius 3 is 2.32 bits per heavy atom. The fourth-order valence-corrected chi connectivity index (χ4v) is 4.19. The largest absolute Gasteiger partial charge is 0.416 e. The van der Waals surface area contributed by atoms with Crippen LogP contribution in [-0.4, -0.2) is 20.7 Å². The first kappa shape index (κ1) is 21.1. The molecule has 0 bridgehead atoms. The van der Waals surface area contributed by atoms with Crippen LogP contribution in [0, 0.1) is 5.92 Å². The molecule has 0 N–H and O–H groups in total. The van der Waals surface area contributed by atoms with Gasteiger partial charge < -0.3 is 9.47 Å². The summed E-state index contributed by atoms with van der Waals surface area (Å²) in [4.78, 5) is 13.6. The van der Waals surface area contributed by atoms with Crippen LogP contribution in [-0.2, 0) is 19.8 Å². The molecule has 1 fully saturated rings. The smallest absolute Gasteiger partial charge is 0.320 e. The molecule has 1 saturated carbocycles. The number of halogens is 3. The van der Waals surface area contributed by atoms with Gasteiger partial charge in [-0.2, -0.15) is 13.2 Å². The monoisotopic (exact) mass is 428 g/mol. The van der Waals surface area contributed by atoms with Crippen LogP contribution in [0.1, 0.15) is 53.0 Å². The van der Waals surface area contributed by atoms with Gasteiger partial charge in [0.25, 0.3) is 5.91 Å². The molecule has 2 heterocycles. The van der Waals surface area contributed by atoms with Crippen LogP contribution in [0.15, 0.2) is 54.9 Å². The van der Waals surface area contributed by atoms with Crippen LogP contribution in [0.25, 0.3) is 0 Å². The zero-order chi connectivity index (χ0) is 22.2. The molecule has 0 radical (unpaired) electrons. The van der Waals surface area contributed by atoms with E-state index in [1.807, 2.05) is 11.6 Å². The highest BCUT2D eigenvalue weighted by Crippen LogP contribution is 2.40. The van der Waals surface area contributed by atoms with E-state index in [1.165, 1.54) is 29.9 Å². The molecule has 2 aliphatic rings. The Bertz CT molecular complexity index is 1070. The predicted molar refractivity (Wildman–Crippen MR) is 111 cm³/mol. The van der Waals surface area contributed by atoms with Gasteiger partial charge >= 0.3 is 6.18 Å². The second-order valence-corrected chi connectivity index (χ2v) is 8.13. The lowest BCUT2D eigenvalue weighted by Gasteiger charge is -2.31. The van der Waals surface area contributed by atoms with Crippen molar-refractivity contribution in [2.75, 3.05) is 4.90 Å². The molecular weight excluding hydrogens is 405 g/mol. The number of para-hydroxylation sites is 1. The highest BCUT2D eigenvalue weighted by molar-refractivity contribution is 6.10. The van der Waals surface area contributed by atoms with Crippen molar-refractivity contribution in [1.29, 1.82) is 0 Å². The van der Waals surface area contributed by atoms with Crippen molar-refractivity contribution >= 4 is 11.6 Å². The molecule has 0 spiro atoms.